The van der Waals surface area contributed by atoms with Gasteiger partial charge in [-0.05, 0) is 47.5 Å². The van der Waals surface area contributed by atoms with Crippen LogP contribution in [0.25, 0.3) is 30.3 Å². The van der Waals surface area contributed by atoms with Crippen LogP contribution in [0.5, 0.6) is 0 Å². The first-order chi connectivity index (χ1) is 10.7. The summed E-state index contributed by atoms with van der Waals surface area (Å²) in [6.07, 6.45) is 0. The van der Waals surface area contributed by atoms with Crippen LogP contribution in [0.4, 0.5) is 11.4 Å². The van der Waals surface area contributed by atoms with Gasteiger partial charge in [0.25, 0.3) is 0 Å². The molecule has 2 nitrogen and oxygen atoms in total. The first-order valence-electron chi connectivity index (χ1n) is 6.94. The van der Waals surface area contributed by atoms with E-state index < -0.39 is 0 Å². The number of benzene rings is 2. The van der Waals surface area contributed by atoms with Gasteiger partial charge in [0.05, 0.1) is 0 Å². The normalized spacial score (nSPS) is 11.1. The molecule has 4 heteroatoms. The second-order valence-electron chi connectivity index (χ2n) is 5.19. The van der Waals surface area contributed by atoms with Gasteiger partial charge < -0.3 is 11.5 Å². The van der Waals surface area contributed by atoms with Crippen molar-refractivity contribution in [1.82, 2.24) is 0 Å². The van der Waals surface area contributed by atoms with Gasteiger partial charge >= 0.3 is 0 Å². The van der Waals surface area contributed by atoms with Crippen molar-refractivity contribution in [3.8, 4) is 20.9 Å². The summed E-state index contributed by atoms with van der Waals surface area (Å²) in [6, 6.07) is 20.6. The maximum Gasteiger partial charge on any atom is 0.0463 e. The van der Waals surface area contributed by atoms with E-state index in [4.69, 9.17) is 11.5 Å². The van der Waals surface area contributed by atoms with Crippen LogP contribution in [0.2, 0.25) is 0 Å². The van der Waals surface area contributed by atoms with Gasteiger partial charge in [-0.25, -0.2) is 0 Å². The lowest BCUT2D eigenvalue weighted by Crippen LogP contribution is -1.82. The molecule has 0 aliphatic carbocycles. The summed E-state index contributed by atoms with van der Waals surface area (Å²) in [7, 11) is 0. The summed E-state index contributed by atoms with van der Waals surface area (Å²) in [4.78, 5) is 2.57. The molecule has 108 valence electrons. The van der Waals surface area contributed by atoms with Crippen molar-refractivity contribution in [3.05, 3.63) is 60.7 Å². The van der Waals surface area contributed by atoms with E-state index in [1.165, 1.54) is 30.3 Å². The Morgan fingerprint density at radius 3 is 1.27 bits per heavy atom. The van der Waals surface area contributed by atoms with E-state index in [0.717, 1.165) is 11.4 Å². The molecule has 4 N–H and O–H groups in total. The molecule has 2 aromatic heterocycles. The molecule has 0 atom stereocenters. The summed E-state index contributed by atoms with van der Waals surface area (Å²) in [6.45, 7) is 0. The highest BCUT2D eigenvalue weighted by atomic mass is 32.1. The number of anilines is 2. The lowest BCUT2D eigenvalue weighted by molar-refractivity contribution is 1.68. The highest BCUT2D eigenvalue weighted by molar-refractivity contribution is 7.31. The van der Waals surface area contributed by atoms with Crippen LogP contribution in [0.15, 0.2) is 60.7 Å². The second kappa shape index (κ2) is 5.16. The number of fused-ring (bicyclic) bond motifs is 1. The summed E-state index contributed by atoms with van der Waals surface area (Å²) >= 11 is 3.64. The van der Waals surface area contributed by atoms with Crippen LogP contribution in [-0.2, 0) is 0 Å². The van der Waals surface area contributed by atoms with Crippen molar-refractivity contribution >= 4 is 43.4 Å². The third-order valence-electron chi connectivity index (χ3n) is 3.60. The average Bonchev–Trinajstić information content (AvgIpc) is 3.07. The number of nitrogens with two attached hydrogens (primary N) is 2. The zero-order valence-electron chi connectivity index (χ0n) is 11.7. The van der Waals surface area contributed by atoms with E-state index in [-0.39, 0.29) is 0 Å². The van der Waals surface area contributed by atoms with E-state index in [1.54, 1.807) is 0 Å². The SMILES string of the molecule is Nc1ccc(-c2cc3sc(-c4ccc(N)cc4)cc3s2)cc1. The zero-order chi connectivity index (χ0) is 15.1. The van der Waals surface area contributed by atoms with Crippen LogP contribution in [0.3, 0.4) is 0 Å². The van der Waals surface area contributed by atoms with E-state index >= 15 is 0 Å². The Bertz CT molecular complexity index is 825. The molecule has 0 aliphatic rings. The fourth-order valence-electron chi connectivity index (χ4n) is 2.42. The first kappa shape index (κ1) is 13.4. The Balaban J connectivity index is 1.73. The summed E-state index contributed by atoms with van der Waals surface area (Å²) in [5.41, 5.74) is 15.5. The van der Waals surface area contributed by atoms with Gasteiger partial charge in [-0.1, -0.05) is 24.3 Å². The lowest BCUT2D eigenvalue weighted by Gasteiger charge is -1.98. The minimum Gasteiger partial charge on any atom is -0.399 e. The number of rotatable bonds is 2. The molecule has 0 amide bonds. The van der Waals surface area contributed by atoms with Crippen molar-refractivity contribution in [2.75, 3.05) is 11.5 Å². The van der Waals surface area contributed by atoms with E-state index in [1.807, 2.05) is 46.9 Å². The van der Waals surface area contributed by atoms with Crippen molar-refractivity contribution in [2.24, 2.45) is 0 Å². The molecule has 0 radical (unpaired) electrons. The molecule has 22 heavy (non-hydrogen) atoms. The zero-order valence-corrected chi connectivity index (χ0v) is 13.4. The number of hydrogen-bond donors (Lipinski definition) is 2. The van der Waals surface area contributed by atoms with Gasteiger partial charge in [0.15, 0.2) is 0 Å². The number of hydrogen-bond acceptors (Lipinski definition) is 4. The van der Waals surface area contributed by atoms with Gasteiger partial charge in [0, 0.05) is 30.5 Å². The molecule has 0 bridgehead atoms. The molecular weight excluding hydrogens is 308 g/mol. The molecule has 4 rings (SSSR count). The van der Waals surface area contributed by atoms with Gasteiger partial charge in [0.2, 0.25) is 0 Å². The molecule has 0 saturated heterocycles. The van der Waals surface area contributed by atoms with Crippen molar-refractivity contribution in [1.29, 1.82) is 0 Å². The van der Waals surface area contributed by atoms with E-state index in [0.29, 0.717) is 0 Å². The fourth-order valence-corrected chi connectivity index (χ4v) is 4.82. The Morgan fingerprint density at radius 1 is 0.545 bits per heavy atom. The largest absolute Gasteiger partial charge is 0.399 e. The number of thiophene rings is 2. The Labute approximate surface area is 136 Å². The smallest absolute Gasteiger partial charge is 0.0463 e. The molecular formula is C18H14N2S2. The summed E-state index contributed by atoms with van der Waals surface area (Å²) in [5.74, 6) is 0. The highest BCUT2D eigenvalue weighted by Crippen LogP contribution is 2.41. The standard InChI is InChI=1S/C18H14N2S2/c19-13-5-1-11(2-6-13)15-9-17-18(21-15)10-16(22-17)12-3-7-14(20)8-4-12/h1-10H,19-20H2. The molecule has 0 fully saturated rings. The van der Waals surface area contributed by atoms with Gasteiger partial charge in [-0.3, -0.25) is 0 Å². The topological polar surface area (TPSA) is 52.0 Å². The van der Waals surface area contributed by atoms with E-state index in [2.05, 4.69) is 36.4 Å². The summed E-state index contributed by atoms with van der Waals surface area (Å²) in [5, 5.41) is 0. The monoisotopic (exact) mass is 322 g/mol. The maximum atomic E-state index is 5.75. The minimum atomic E-state index is 0.799. The third-order valence-corrected chi connectivity index (χ3v) is 5.99. The molecule has 0 saturated carbocycles. The minimum absolute atomic E-state index is 0.799. The predicted octanol–water partition coefficient (Wildman–Crippen LogP) is 5.46. The summed E-state index contributed by atoms with van der Waals surface area (Å²) < 4.78 is 2.65. The lowest BCUT2D eigenvalue weighted by atomic mass is 10.2. The fraction of sp³-hybridized carbons (Fsp3) is 0. The average molecular weight is 322 g/mol. The maximum absolute atomic E-state index is 5.75. The second-order valence-corrected chi connectivity index (χ2v) is 7.36. The highest BCUT2D eigenvalue weighted by Gasteiger charge is 2.09. The molecule has 0 unspecified atom stereocenters. The van der Waals surface area contributed by atoms with Crippen LogP contribution in [-0.4, -0.2) is 0 Å². The molecule has 2 heterocycles. The quantitative estimate of drug-likeness (QED) is 0.481. The Hall–Kier alpha value is -2.30. The van der Waals surface area contributed by atoms with Crippen LogP contribution in [0, 0.1) is 0 Å². The van der Waals surface area contributed by atoms with Crippen LogP contribution in [0.1, 0.15) is 0 Å². The van der Waals surface area contributed by atoms with Gasteiger partial charge in [-0.2, -0.15) is 0 Å². The van der Waals surface area contributed by atoms with Crippen LogP contribution < -0.4 is 11.5 Å². The van der Waals surface area contributed by atoms with Gasteiger partial charge in [-0.15, -0.1) is 22.7 Å². The predicted molar refractivity (Wildman–Crippen MR) is 99.4 cm³/mol. The van der Waals surface area contributed by atoms with Crippen molar-refractivity contribution in [2.45, 2.75) is 0 Å². The van der Waals surface area contributed by atoms with Crippen LogP contribution >= 0.6 is 22.7 Å². The Kier molecular flexibility index (Phi) is 3.13. The van der Waals surface area contributed by atoms with Crippen molar-refractivity contribution < 1.29 is 0 Å². The van der Waals surface area contributed by atoms with Crippen molar-refractivity contribution in [3.63, 3.8) is 0 Å². The first-order valence-corrected chi connectivity index (χ1v) is 8.57. The molecule has 0 spiro atoms. The molecule has 0 aliphatic heterocycles. The van der Waals surface area contributed by atoms with E-state index in [9.17, 15) is 0 Å². The third kappa shape index (κ3) is 2.36. The molecule has 4 aromatic rings. The van der Waals surface area contributed by atoms with Gasteiger partial charge in [0.1, 0.15) is 0 Å². The Morgan fingerprint density at radius 2 is 0.909 bits per heavy atom. The molecule has 2 aromatic carbocycles. The number of nitrogen functional groups attached to an aromatic ring is 2.